The molecule has 0 aliphatic carbocycles. The summed E-state index contributed by atoms with van der Waals surface area (Å²) in [6.45, 7) is 2.19. The van der Waals surface area contributed by atoms with Gasteiger partial charge in [-0.15, -0.1) is 11.3 Å². The van der Waals surface area contributed by atoms with E-state index in [-0.39, 0.29) is 4.21 Å². The van der Waals surface area contributed by atoms with Crippen molar-refractivity contribution >= 4 is 32.7 Å². The molecule has 2 aromatic rings. The van der Waals surface area contributed by atoms with Gasteiger partial charge in [-0.3, -0.25) is 4.31 Å². The SMILES string of the molecule is CCN(c1ccccc1)S(=O)(=O)c1cc(N)cs1. The van der Waals surface area contributed by atoms with Crippen molar-refractivity contribution in [2.75, 3.05) is 16.6 Å². The molecule has 0 spiro atoms. The molecule has 0 aliphatic rings. The predicted molar refractivity (Wildman–Crippen MR) is 75.4 cm³/mol. The van der Waals surface area contributed by atoms with Crippen LogP contribution in [0, 0.1) is 0 Å². The van der Waals surface area contributed by atoms with Crippen LogP contribution in [-0.2, 0) is 10.0 Å². The van der Waals surface area contributed by atoms with E-state index in [4.69, 9.17) is 5.73 Å². The van der Waals surface area contributed by atoms with Crippen molar-refractivity contribution in [3.05, 3.63) is 41.8 Å². The molecule has 18 heavy (non-hydrogen) atoms. The minimum absolute atomic E-state index is 0.269. The van der Waals surface area contributed by atoms with Gasteiger partial charge in [0.15, 0.2) is 0 Å². The largest absolute Gasteiger partial charge is 0.398 e. The summed E-state index contributed by atoms with van der Waals surface area (Å²) in [4.78, 5) is 0. The van der Waals surface area contributed by atoms with Gasteiger partial charge in [-0.25, -0.2) is 8.42 Å². The lowest BCUT2D eigenvalue weighted by Gasteiger charge is -2.21. The average molecular weight is 282 g/mol. The topological polar surface area (TPSA) is 63.4 Å². The summed E-state index contributed by atoms with van der Waals surface area (Å²) in [6, 6.07) is 10.5. The standard InChI is InChI=1S/C12H14N2O2S2/c1-2-14(11-6-4-3-5-7-11)18(15,16)12-8-10(13)9-17-12/h3-9H,2,13H2,1H3. The van der Waals surface area contributed by atoms with Crippen LogP contribution in [0.4, 0.5) is 11.4 Å². The normalized spacial score (nSPS) is 11.4. The fourth-order valence-corrected chi connectivity index (χ4v) is 4.33. The van der Waals surface area contributed by atoms with Crippen molar-refractivity contribution in [2.24, 2.45) is 0 Å². The monoisotopic (exact) mass is 282 g/mol. The number of para-hydroxylation sites is 1. The minimum Gasteiger partial charge on any atom is -0.398 e. The van der Waals surface area contributed by atoms with Crippen LogP contribution in [0.3, 0.4) is 0 Å². The van der Waals surface area contributed by atoms with Crippen molar-refractivity contribution in [2.45, 2.75) is 11.1 Å². The Morgan fingerprint density at radius 2 is 1.94 bits per heavy atom. The summed E-state index contributed by atoms with van der Waals surface area (Å²) in [6.07, 6.45) is 0. The van der Waals surface area contributed by atoms with Crippen molar-refractivity contribution < 1.29 is 8.42 Å². The van der Waals surface area contributed by atoms with Crippen LogP contribution in [0.1, 0.15) is 6.92 Å². The second-order valence-electron chi connectivity index (χ2n) is 3.70. The number of benzene rings is 1. The Kier molecular flexibility index (Phi) is 3.58. The molecule has 0 saturated heterocycles. The van der Waals surface area contributed by atoms with Gasteiger partial charge >= 0.3 is 0 Å². The molecule has 1 heterocycles. The van der Waals surface area contributed by atoms with Gasteiger partial charge in [0.25, 0.3) is 10.0 Å². The first-order valence-corrected chi connectivity index (χ1v) is 7.79. The van der Waals surface area contributed by atoms with Crippen molar-refractivity contribution in [1.82, 2.24) is 0 Å². The Bertz CT molecular complexity index is 621. The van der Waals surface area contributed by atoms with Crippen LogP contribution < -0.4 is 10.0 Å². The third-order valence-electron chi connectivity index (χ3n) is 2.47. The second-order valence-corrected chi connectivity index (χ2v) is 6.70. The summed E-state index contributed by atoms with van der Waals surface area (Å²) in [7, 11) is -3.51. The van der Waals surface area contributed by atoms with Crippen molar-refractivity contribution in [1.29, 1.82) is 0 Å². The van der Waals surface area contributed by atoms with Crippen LogP contribution in [0.2, 0.25) is 0 Å². The fourth-order valence-electron chi connectivity index (χ4n) is 1.66. The van der Waals surface area contributed by atoms with Crippen LogP contribution in [0.5, 0.6) is 0 Å². The van der Waals surface area contributed by atoms with E-state index in [0.717, 1.165) is 11.3 Å². The molecule has 0 saturated carbocycles. The second kappa shape index (κ2) is 4.99. The first-order chi connectivity index (χ1) is 8.55. The Labute approximate surface area is 111 Å². The van der Waals surface area contributed by atoms with E-state index in [0.29, 0.717) is 17.9 Å². The maximum Gasteiger partial charge on any atom is 0.273 e. The van der Waals surface area contributed by atoms with Crippen LogP contribution in [0.25, 0.3) is 0 Å². The Morgan fingerprint density at radius 1 is 1.28 bits per heavy atom. The molecule has 1 aromatic carbocycles. The molecular formula is C12H14N2O2S2. The molecule has 0 amide bonds. The number of rotatable bonds is 4. The Morgan fingerprint density at radius 3 is 2.44 bits per heavy atom. The van der Waals surface area contributed by atoms with E-state index >= 15 is 0 Å². The number of sulfonamides is 1. The quantitative estimate of drug-likeness (QED) is 0.937. The summed E-state index contributed by atoms with van der Waals surface area (Å²) in [5, 5.41) is 1.63. The van der Waals surface area contributed by atoms with E-state index in [1.807, 2.05) is 25.1 Å². The molecule has 0 radical (unpaired) electrons. The molecule has 6 heteroatoms. The highest BCUT2D eigenvalue weighted by atomic mass is 32.2. The third kappa shape index (κ3) is 2.34. The highest BCUT2D eigenvalue weighted by Gasteiger charge is 2.24. The summed E-state index contributed by atoms with van der Waals surface area (Å²) < 4.78 is 26.6. The first kappa shape index (κ1) is 12.9. The number of anilines is 2. The van der Waals surface area contributed by atoms with E-state index in [1.54, 1.807) is 17.5 Å². The summed E-state index contributed by atoms with van der Waals surface area (Å²) >= 11 is 1.14. The Balaban J connectivity index is 2.45. The van der Waals surface area contributed by atoms with Gasteiger partial charge in [0.2, 0.25) is 0 Å². The highest BCUT2D eigenvalue weighted by Crippen LogP contribution is 2.28. The number of nitrogens with zero attached hydrogens (tertiary/aromatic N) is 1. The predicted octanol–water partition coefficient (Wildman–Crippen LogP) is 2.55. The lowest BCUT2D eigenvalue weighted by molar-refractivity contribution is 0.594. The zero-order chi connectivity index (χ0) is 13.2. The van der Waals surface area contributed by atoms with E-state index < -0.39 is 10.0 Å². The van der Waals surface area contributed by atoms with E-state index in [1.165, 1.54) is 10.4 Å². The van der Waals surface area contributed by atoms with Crippen LogP contribution in [0.15, 0.2) is 46.0 Å². The van der Waals surface area contributed by atoms with Gasteiger partial charge in [0.05, 0.1) is 5.69 Å². The van der Waals surface area contributed by atoms with E-state index in [9.17, 15) is 8.42 Å². The lowest BCUT2D eigenvalue weighted by atomic mass is 10.3. The van der Waals surface area contributed by atoms with Gasteiger partial charge < -0.3 is 5.73 Å². The summed E-state index contributed by atoms with van der Waals surface area (Å²) in [5.74, 6) is 0. The molecular weight excluding hydrogens is 268 g/mol. The number of hydrogen-bond acceptors (Lipinski definition) is 4. The number of thiophene rings is 1. The van der Waals surface area contributed by atoms with Crippen molar-refractivity contribution in [3.8, 4) is 0 Å². The zero-order valence-corrected chi connectivity index (χ0v) is 11.5. The van der Waals surface area contributed by atoms with Crippen molar-refractivity contribution in [3.63, 3.8) is 0 Å². The van der Waals surface area contributed by atoms with Gasteiger partial charge in [0.1, 0.15) is 4.21 Å². The van der Waals surface area contributed by atoms with Crippen LogP contribution >= 0.6 is 11.3 Å². The minimum atomic E-state index is -3.51. The molecule has 2 N–H and O–H groups in total. The highest BCUT2D eigenvalue weighted by molar-refractivity contribution is 7.94. The van der Waals surface area contributed by atoms with Gasteiger partial charge in [-0.05, 0) is 25.1 Å². The number of hydrogen-bond donors (Lipinski definition) is 1. The molecule has 0 fully saturated rings. The van der Waals surface area contributed by atoms with Gasteiger partial charge in [-0.1, -0.05) is 18.2 Å². The Hall–Kier alpha value is -1.53. The number of nitrogen functional groups attached to an aromatic ring is 1. The summed E-state index contributed by atoms with van der Waals surface area (Å²) in [5.41, 5.74) is 6.72. The zero-order valence-electron chi connectivity index (χ0n) is 9.91. The molecule has 0 unspecified atom stereocenters. The molecule has 0 aliphatic heterocycles. The molecule has 1 aromatic heterocycles. The smallest absolute Gasteiger partial charge is 0.273 e. The molecule has 96 valence electrons. The van der Waals surface area contributed by atoms with E-state index in [2.05, 4.69) is 0 Å². The third-order valence-corrected chi connectivity index (χ3v) is 5.81. The van der Waals surface area contributed by atoms with Crippen LogP contribution in [-0.4, -0.2) is 15.0 Å². The van der Waals surface area contributed by atoms with Gasteiger partial charge in [-0.2, -0.15) is 0 Å². The number of nitrogens with two attached hydrogens (primary N) is 1. The molecule has 4 nitrogen and oxygen atoms in total. The maximum atomic E-state index is 12.5. The maximum absolute atomic E-state index is 12.5. The van der Waals surface area contributed by atoms with Gasteiger partial charge in [0, 0.05) is 17.6 Å². The molecule has 0 bridgehead atoms. The first-order valence-electron chi connectivity index (χ1n) is 5.47. The molecule has 0 atom stereocenters. The lowest BCUT2D eigenvalue weighted by Crippen LogP contribution is -2.30. The molecule has 2 rings (SSSR count). The fraction of sp³-hybridized carbons (Fsp3) is 0.167. The average Bonchev–Trinajstić information content (AvgIpc) is 2.78.